The lowest BCUT2D eigenvalue weighted by molar-refractivity contribution is 0.381. The van der Waals surface area contributed by atoms with Gasteiger partial charge in [0.15, 0.2) is 0 Å². The molecule has 3 nitrogen and oxygen atoms in total. The van der Waals surface area contributed by atoms with Gasteiger partial charge in [0.25, 0.3) is 0 Å². The Morgan fingerprint density at radius 3 is 2.64 bits per heavy atom. The van der Waals surface area contributed by atoms with Crippen LogP contribution in [-0.4, -0.2) is 9.97 Å². The predicted octanol–water partition coefficient (Wildman–Crippen LogP) is 2.54. The summed E-state index contributed by atoms with van der Waals surface area (Å²) in [5, 5.41) is 0. The summed E-state index contributed by atoms with van der Waals surface area (Å²) in [6.45, 7) is 6.36. The Morgan fingerprint density at radius 2 is 2.21 bits per heavy atom. The molecule has 0 aliphatic rings. The monoisotopic (exact) mass is 195 g/mol. The van der Waals surface area contributed by atoms with Crippen molar-refractivity contribution in [2.45, 2.75) is 46.1 Å². The second-order valence-electron chi connectivity index (χ2n) is 3.91. The van der Waals surface area contributed by atoms with E-state index in [1.807, 2.05) is 13.1 Å². The molecule has 80 valence electrons. The van der Waals surface area contributed by atoms with Crippen molar-refractivity contribution in [2.24, 2.45) is 11.7 Å². The van der Waals surface area contributed by atoms with Crippen molar-refractivity contribution in [1.82, 2.24) is 9.97 Å². The Balaban J connectivity index is 2.66. The van der Waals surface area contributed by atoms with E-state index in [4.69, 9.17) is 5.73 Å². The van der Waals surface area contributed by atoms with Crippen molar-refractivity contribution in [1.29, 1.82) is 0 Å². The van der Waals surface area contributed by atoms with Gasteiger partial charge in [-0.25, -0.2) is 4.98 Å². The van der Waals surface area contributed by atoms with Crippen LogP contribution in [0.25, 0.3) is 0 Å². The van der Waals surface area contributed by atoms with E-state index in [1.165, 1.54) is 12.8 Å². The fourth-order valence-electron chi connectivity index (χ4n) is 1.87. The lowest BCUT2D eigenvalue weighted by Gasteiger charge is -2.20. The lowest BCUT2D eigenvalue weighted by atomic mass is 9.91. The highest BCUT2D eigenvalue weighted by Gasteiger charge is 2.18. The van der Waals surface area contributed by atoms with Crippen LogP contribution >= 0.6 is 0 Å². The van der Waals surface area contributed by atoms with Gasteiger partial charge >= 0.3 is 0 Å². The number of aromatic nitrogens is 2. The van der Waals surface area contributed by atoms with E-state index in [-0.39, 0.29) is 6.04 Å². The van der Waals surface area contributed by atoms with Crippen molar-refractivity contribution < 1.29 is 0 Å². The second-order valence-corrected chi connectivity index (χ2v) is 3.91. The zero-order valence-corrected chi connectivity index (χ0v) is 9.38. The van der Waals surface area contributed by atoms with Crippen LogP contribution in [0.3, 0.4) is 0 Å². The van der Waals surface area contributed by atoms with Crippen molar-refractivity contribution in [3.8, 4) is 0 Å². The van der Waals surface area contributed by atoms with Gasteiger partial charge in [-0.2, -0.15) is 0 Å². The second kappa shape index (κ2) is 5.15. The van der Waals surface area contributed by atoms with Crippen LogP contribution < -0.4 is 5.73 Å². The van der Waals surface area contributed by atoms with Gasteiger partial charge < -0.3 is 10.7 Å². The summed E-state index contributed by atoms with van der Waals surface area (Å²) in [6.07, 6.45) is 5.38. The van der Waals surface area contributed by atoms with Crippen molar-refractivity contribution in [2.75, 3.05) is 0 Å². The molecular weight excluding hydrogens is 174 g/mol. The van der Waals surface area contributed by atoms with E-state index >= 15 is 0 Å². The van der Waals surface area contributed by atoms with Gasteiger partial charge in [-0.1, -0.05) is 26.7 Å². The van der Waals surface area contributed by atoms with Crippen LogP contribution in [0.4, 0.5) is 0 Å². The highest BCUT2D eigenvalue weighted by atomic mass is 14.9. The predicted molar refractivity (Wildman–Crippen MR) is 58.9 cm³/mol. The molecule has 1 heterocycles. The molecule has 0 aromatic carbocycles. The maximum absolute atomic E-state index is 6.18. The molecule has 0 spiro atoms. The summed E-state index contributed by atoms with van der Waals surface area (Å²) in [7, 11) is 0. The third-order valence-corrected chi connectivity index (χ3v) is 2.77. The Kier molecular flexibility index (Phi) is 4.14. The molecule has 2 unspecified atom stereocenters. The van der Waals surface area contributed by atoms with E-state index in [0.29, 0.717) is 5.92 Å². The normalized spacial score (nSPS) is 15.4. The number of nitrogens with zero attached hydrogens (tertiary/aromatic N) is 1. The van der Waals surface area contributed by atoms with E-state index < -0.39 is 0 Å². The SMILES string of the molecule is CCCC(CC)C(N)c1cnc(C)[nH]1. The van der Waals surface area contributed by atoms with Crippen LogP contribution in [-0.2, 0) is 0 Å². The molecule has 0 aliphatic heterocycles. The van der Waals surface area contributed by atoms with Gasteiger partial charge in [0.2, 0.25) is 0 Å². The molecule has 14 heavy (non-hydrogen) atoms. The van der Waals surface area contributed by atoms with Crippen LogP contribution in [0, 0.1) is 12.8 Å². The van der Waals surface area contributed by atoms with Gasteiger partial charge in [-0.05, 0) is 19.3 Å². The average molecular weight is 195 g/mol. The quantitative estimate of drug-likeness (QED) is 0.758. The lowest BCUT2D eigenvalue weighted by Crippen LogP contribution is -2.21. The topological polar surface area (TPSA) is 54.7 Å². The summed E-state index contributed by atoms with van der Waals surface area (Å²) in [6, 6.07) is 0.112. The van der Waals surface area contributed by atoms with Crippen LogP contribution in [0.2, 0.25) is 0 Å². The summed E-state index contributed by atoms with van der Waals surface area (Å²) in [5.74, 6) is 1.52. The van der Waals surface area contributed by atoms with Gasteiger partial charge in [0, 0.05) is 12.2 Å². The molecule has 1 aromatic rings. The zero-order chi connectivity index (χ0) is 10.6. The highest BCUT2D eigenvalue weighted by Crippen LogP contribution is 2.24. The Bertz CT molecular complexity index is 267. The van der Waals surface area contributed by atoms with Crippen molar-refractivity contribution in [3.63, 3.8) is 0 Å². The Labute approximate surface area is 86.1 Å². The molecule has 0 bridgehead atoms. The van der Waals surface area contributed by atoms with Crippen LogP contribution in [0.15, 0.2) is 6.20 Å². The molecule has 0 radical (unpaired) electrons. The van der Waals surface area contributed by atoms with E-state index in [0.717, 1.165) is 17.9 Å². The smallest absolute Gasteiger partial charge is 0.103 e. The third-order valence-electron chi connectivity index (χ3n) is 2.77. The molecule has 2 atom stereocenters. The van der Waals surface area contributed by atoms with Gasteiger partial charge in [-0.15, -0.1) is 0 Å². The highest BCUT2D eigenvalue weighted by molar-refractivity contribution is 5.06. The van der Waals surface area contributed by atoms with E-state index in [9.17, 15) is 0 Å². The molecule has 0 fully saturated rings. The number of aromatic amines is 1. The summed E-state index contributed by atoms with van der Waals surface area (Å²) >= 11 is 0. The Hall–Kier alpha value is -0.830. The van der Waals surface area contributed by atoms with E-state index in [2.05, 4.69) is 23.8 Å². The van der Waals surface area contributed by atoms with Gasteiger partial charge in [-0.3, -0.25) is 0 Å². The molecule has 0 saturated carbocycles. The first-order valence-electron chi connectivity index (χ1n) is 5.46. The van der Waals surface area contributed by atoms with Crippen LogP contribution in [0.5, 0.6) is 0 Å². The molecule has 0 saturated heterocycles. The molecule has 1 aromatic heterocycles. The van der Waals surface area contributed by atoms with Crippen LogP contribution in [0.1, 0.15) is 50.7 Å². The fraction of sp³-hybridized carbons (Fsp3) is 0.727. The zero-order valence-electron chi connectivity index (χ0n) is 9.38. The minimum absolute atomic E-state index is 0.112. The number of nitrogens with one attached hydrogen (secondary N) is 1. The number of nitrogens with two attached hydrogens (primary N) is 1. The molecule has 0 amide bonds. The average Bonchev–Trinajstić information content (AvgIpc) is 2.60. The standard InChI is InChI=1S/C11H21N3/c1-4-6-9(5-2)11(12)10-7-13-8(3)14-10/h7,9,11H,4-6,12H2,1-3H3,(H,13,14). The Morgan fingerprint density at radius 1 is 1.50 bits per heavy atom. The summed E-state index contributed by atoms with van der Waals surface area (Å²) < 4.78 is 0. The first-order chi connectivity index (χ1) is 6.69. The molecule has 3 heteroatoms. The van der Waals surface area contributed by atoms with Crippen molar-refractivity contribution >= 4 is 0 Å². The number of hydrogen-bond donors (Lipinski definition) is 2. The maximum Gasteiger partial charge on any atom is 0.103 e. The number of aryl methyl sites for hydroxylation is 1. The largest absolute Gasteiger partial charge is 0.345 e. The first kappa shape index (κ1) is 11.2. The summed E-state index contributed by atoms with van der Waals surface area (Å²) in [4.78, 5) is 7.39. The first-order valence-corrected chi connectivity index (χ1v) is 5.46. The molecule has 1 rings (SSSR count). The summed E-state index contributed by atoms with van der Waals surface area (Å²) in [5.41, 5.74) is 7.25. The molecule has 3 N–H and O–H groups in total. The number of rotatable bonds is 5. The van der Waals surface area contributed by atoms with Gasteiger partial charge in [0.05, 0.1) is 5.69 Å². The minimum Gasteiger partial charge on any atom is -0.345 e. The molecular formula is C11H21N3. The number of H-pyrrole nitrogens is 1. The number of hydrogen-bond acceptors (Lipinski definition) is 2. The minimum atomic E-state index is 0.112. The maximum atomic E-state index is 6.18. The molecule has 0 aliphatic carbocycles. The number of imidazole rings is 1. The fourth-order valence-corrected chi connectivity index (χ4v) is 1.87. The van der Waals surface area contributed by atoms with Crippen molar-refractivity contribution in [3.05, 3.63) is 17.7 Å². The van der Waals surface area contributed by atoms with Gasteiger partial charge in [0.1, 0.15) is 5.82 Å². The van der Waals surface area contributed by atoms with E-state index in [1.54, 1.807) is 0 Å². The third kappa shape index (κ3) is 2.58.